The van der Waals surface area contributed by atoms with Crippen LogP contribution < -0.4 is 5.32 Å². The van der Waals surface area contributed by atoms with Gasteiger partial charge in [0.2, 0.25) is 0 Å². The van der Waals surface area contributed by atoms with Crippen LogP contribution in [0.15, 0.2) is 0 Å². The van der Waals surface area contributed by atoms with E-state index in [-0.39, 0.29) is 0 Å². The van der Waals surface area contributed by atoms with E-state index < -0.39 is 0 Å². The molecule has 0 amide bonds. The number of rotatable bonds is 12. The van der Waals surface area contributed by atoms with Crippen molar-refractivity contribution < 1.29 is 0 Å². The Hall–Kier alpha value is -0.0400. The molecule has 0 radical (unpaired) electrons. The normalized spacial score (nSPS) is 13.4. The van der Waals surface area contributed by atoms with E-state index in [9.17, 15) is 0 Å². The van der Waals surface area contributed by atoms with E-state index in [2.05, 4.69) is 60.7 Å². The van der Waals surface area contributed by atoms with Gasteiger partial charge in [0.15, 0.2) is 0 Å². The van der Waals surface area contributed by atoms with E-state index in [1.165, 1.54) is 51.4 Å². The molecule has 1 N–H and O–H groups in total. The van der Waals surface area contributed by atoms with Gasteiger partial charge in [0.05, 0.1) is 0 Å². The summed E-state index contributed by atoms with van der Waals surface area (Å²) in [6.07, 6.45) is 10.1. The molecular formula is C20H43N. The Kier molecular flexibility index (Phi) is 9.85. The molecule has 0 heterocycles. The second kappa shape index (κ2) is 9.87. The molecule has 0 atom stereocenters. The van der Waals surface area contributed by atoms with E-state index in [0.29, 0.717) is 11.1 Å². The summed E-state index contributed by atoms with van der Waals surface area (Å²) in [5, 5.41) is 4.28. The van der Waals surface area contributed by atoms with Gasteiger partial charge in [0.25, 0.3) is 0 Å². The summed E-state index contributed by atoms with van der Waals surface area (Å²) in [5.74, 6) is 1.58. The average molecular weight is 298 g/mol. The van der Waals surface area contributed by atoms with Crippen molar-refractivity contribution in [2.24, 2.45) is 11.8 Å². The van der Waals surface area contributed by atoms with Crippen molar-refractivity contribution in [3.8, 4) is 0 Å². The highest BCUT2D eigenvalue weighted by Crippen LogP contribution is 2.38. The molecule has 0 bridgehead atoms. The lowest BCUT2D eigenvalue weighted by Gasteiger charge is -2.51. The van der Waals surface area contributed by atoms with Crippen LogP contribution in [0.3, 0.4) is 0 Å². The van der Waals surface area contributed by atoms with Gasteiger partial charge in [-0.25, -0.2) is 0 Å². The lowest BCUT2D eigenvalue weighted by atomic mass is 9.69. The van der Waals surface area contributed by atoms with Crippen LogP contribution in [0.4, 0.5) is 0 Å². The summed E-state index contributed by atoms with van der Waals surface area (Å²) in [5.41, 5.74) is 0.635. The van der Waals surface area contributed by atoms with Gasteiger partial charge in [-0.05, 0) is 37.5 Å². The quantitative estimate of drug-likeness (QED) is 0.430. The van der Waals surface area contributed by atoms with Gasteiger partial charge < -0.3 is 5.32 Å². The monoisotopic (exact) mass is 297 g/mol. The van der Waals surface area contributed by atoms with E-state index >= 15 is 0 Å². The third kappa shape index (κ3) is 4.47. The van der Waals surface area contributed by atoms with Crippen molar-refractivity contribution in [2.45, 2.75) is 118 Å². The van der Waals surface area contributed by atoms with Crippen LogP contribution in [0.25, 0.3) is 0 Å². The molecule has 0 saturated heterocycles. The van der Waals surface area contributed by atoms with Gasteiger partial charge in [0.1, 0.15) is 0 Å². The SMILES string of the molecule is CCC(CC)C(CC)(CC)NC(CC)(CC)C(CC)CC. The molecule has 128 valence electrons. The zero-order valence-corrected chi connectivity index (χ0v) is 16.3. The summed E-state index contributed by atoms with van der Waals surface area (Å²) in [7, 11) is 0. The molecule has 1 heteroatoms. The Morgan fingerprint density at radius 2 is 0.762 bits per heavy atom. The first kappa shape index (κ1) is 21.0. The zero-order chi connectivity index (χ0) is 16.5. The lowest BCUT2D eigenvalue weighted by Crippen LogP contribution is -2.63. The van der Waals surface area contributed by atoms with E-state index in [0.717, 1.165) is 11.8 Å². The smallest absolute Gasteiger partial charge is 0.0209 e. The predicted octanol–water partition coefficient (Wildman–Crippen LogP) is 6.57. The maximum atomic E-state index is 4.28. The maximum Gasteiger partial charge on any atom is 0.0209 e. The third-order valence-corrected chi connectivity index (χ3v) is 6.56. The third-order valence-electron chi connectivity index (χ3n) is 6.56. The molecule has 0 unspecified atom stereocenters. The van der Waals surface area contributed by atoms with Crippen molar-refractivity contribution in [3.63, 3.8) is 0 Å². The fourth-order valence-corrected chi connectivity index (χ4v) is 4.85. The van der Waals surface area contributed by atoms with Crippen molar-refractivity contribution in [3.05, 3.63) is 0 Å². The molecule has 0 aromatic rings. The van der Waals surface area contributed by atoms with Crippen molar-refractivity contribution in [2.75, 3.05) is 0 Å². The van der Waals surface area contributed by atoms with Crippen molar-refractivity contribution in [1.29, 1.82) is 0 Å². The second-order valence-electron chi connectivity index (χ2n) is 6.88. The standard InChI is InChI=1S/C20H43N/c1-9-17(10-2)19(13-5,14-6)21-20(15-7,16-8)18(11-3)12-4/h17-18,21H,9-16H2,1-8H3. The summed E-state index contributed by atoms with van der Waals surface area (Å²) >= 11 is 0. The lowest BCUT2D eigenvalue weighted by molar-refractivity contribution is 0.0691. The van der Waals surface area contributed by atoms with Crippen LogP contribution in [0, 0.1) is 11.8 Å². The molecule has 0 spiro atoms. The highest BCUT2D eigenvalue weighted by Gasteiger charge is 2.43. The number of nitrogens with one attached hydrogen (secondary N) is 1. The van der Waals surface area contributed by atoms with Crippen LogP contribution >= 0.6 is 0 Å². The zero-order valence-electron chi connectivity index (χ0n) is 16.3. The summed E-state index contributed by atoms with van der Waals surface area (Å²) in [4.78, 5) is 0. The molecule has 21 heavy (non-hydrogen) atoms. The van der Waals surface area contributed by atoms with Crippen LogP contribution in [0.2, 0.25) is 0 Å². The highest BCUT2D eigenvalue weighted by atomic mass is 15.1. The van der Waals surface area contributed by atoms with Gasteiger partial charge in [-0.3, -0.25) is 0 Å². The van der Waals surface area contributed by atoms with Crippen molar-refractivity contribution >= 4 is 0 Å². The van der Waals surface area contributed by atoms with Gasteiger partial charge >= 0.3 is 0 Å². The fourth-order valence-electron chi connectivity index (χ4n) is 4.85. The van der Waals surface area contributed by atoms with Crippen LogP contribution in [-0.4, -0.2) is 11.1 Å². The largest absolute Gasteiger partial charge is 0.305 e. The minimum atomic E-state index is 0.318. The summed E-state index contributed by atoms with van der Waals surface area (Å²) in [6, 6.07) is 0. The molecule has 0 aliphatic carbocycles. The van der Waals surface area contributed by atoms with Crippen LogP contribution in [0.5, 0.6) is 0 Å². The molecule has 0 aromatic carbocycles. The molecule has 0 rings (SSSR count). The van der Waals surface area contributed by atoms with Gasteiger partial charge in [-0.1, -0.05) is 81.1 Å². The molecule has 0 saturated carbocycles. The van der Waals surface area contributed by atoms with E-state index in [1.807, 2.05) is 0 Å². The Morgan fingerprint density at radius 3 is 0.905 bits per heavy atom. The first-order chi connectivity index (χ1) is 9.99. The second-order valence-corrected chi connectivity index (χ2v) is 6.88. The van der Waals surface area contributed by atoms with Crippen LogP contribution in [-0.2, 0) is 0 Å². The van der Waals surface area contributed by atoms with E-state index in [4.69, 9.17) is 0 Å². The van der Waals surface area contributed by atoms with Gasteiger partial charge in [-0.15, -0.1) is 0 Å². The summed E-state index contributed by atoms with van der Waals surface area (Å²) < 4.78 is 0. The average Bonchev–Trinajstić information content (AvgIpc) is 2.54. The van der Waals surface area contributed by atoms with Crippen molar-refractivity contribution in [1.82, 2.24) is 5.32 Å². The Labute approximate surface area is 135 Å². The minimum absolute atomic E-state index is 0.318. The molecule has 0 aliphatic heterocycles. The maximum absolute atomic E-state index is 4.28. The molecular weight excluding hydrogens is 254 g/mol. The fraction of sp³-hybridized carbons (Fsp3) is 1.00. The minimum Gasteiger partial charge on any atom is -0.305 e. The highest BCUT2D eigenvalue weighted by molar-refractivity contribution is 5.02. The topological polar surface area (TPSA) is 12.0 Å². The number of hydrogen-bond acceptors (Lipinski definition) is 1. The van der Waals surface area contributed by atoms with E-state index in [1.54, 1.807) is 0 Å². The molecule has 0 fully saturated rings. The van der Waals surface area contributed by atoms with Gasteiger partial charge in [-0.2, -0.15) is 0 Å². The molecule has 1 nitrogen and oxygen atoms in total. The molecule has 0 aromatic heterocycles. The molecule has 0 aliphatic rings. The summed E-state index contributed by atoms with van der Waals surface area (Å²) in [6.45, 7) is 19.0. The van der Waals surface area contributed by atoms with Crippen LogP contribution in [0.1, 0.15) is 107 Å². The first-order valence-corrected chi connectivity index (χ1v) is 9.78. The number of hydrogen-bond donors (Lipinski definition) is 1. The first-order valence-electron chi connectivity index (χ1n) is 9.78. The van der Waals surface area contributed by atoms with Gasteiger partial charge in [0, 0.05) is 11.1 Å². The predicted molar refractivity (Wildman–Crippen MR) is 97.9 cm³/mol. The Morgan fingerprint density at radius 1 is 0.524 bits per heavy atom. The Bertz CT molecular complexity index is 217. The Balaban J connectivity index is 5.61.